The van der Waals surface area contributed by atoms with Crippen LogP contribution in [0.5, 0.6) is 0 Å². The van der Waals surface area contributed by atoms with Gasteiger partial charge in [0.25, 0.3) is 0 Å². The number of rotatable bonds is 7. The maximum absolute atomic E-state index is 5.83. The molecule has 1 fully saturated rings. The molecular weight excluding hydrogens is 306 g/mol. The summed E-state index contributed by atoms with van der Waals surface area (Å²) in [5.74, 6) is 0.959. The second-order valence-corrected chi connectivity index (χ2v) is 7.87. The van der Waals surface area contributed by atoms with Gasteiger partial charge in [-0.05, 0) is 42.5 Å². The lowest BCUT2D eigenvalue weighted by Crippen LogP contribution is -2.42. The van der Waals surface area contributed by atoms with Crippen LogP contribution in [0.1, 0.15) is 72.0 Å². The normalized spacial score (nSPS) is 16.5. The van der Waals surface area contributed by atoms with Crippen molar-refractivity contribution in [2.24, 2.45) is 5.41 Å². The molecule has 1 aliphatic rings. The van der Waals surface area contributed by atoms with Gasteiger partial charge in [-0.3, -0.25) is 0 Å². The molecule has 0 amide bonds. The Kier molecular flexibility index (Phi) is 6.50. The fraction of sp³-hybridized carbons (Fsp3) is 0.882. The van der Waals surface area contributed by atoms with Crippen LogP contribution in [0.2, 0.25) is 0 Å². The van der Waals surface area contributed by atoms with Gasteiger partial charge in [0.2, 0.25) is 0 Å². The van der Waals surface area contributed by atoms with Gasteiger partial charge in [0, 0.05) is 32.0 Å². The van der Waals surface area contributed by atoms with Crippen LogP contribution in [0.25, 0.3) is 0 Å². The Hall–Kier alpha value is -1.04. The maximum atomic E-state index is 5.83. The molecule has 5 nitrogen and oxygen atoms in total. The van der Waals surface area contributed by atoms with Crippen molar-refractivity contribution in [2.45, 2.75) is 85.2 Å². The molecular formula is C17H31N5S. The van der Waals surface area contributed by atoms with E-state index in [0.29, 0.717) is 6.04 Å². The molecule has 23 heavy (non-hydrogen) atoms. The van der Waals surface area contributed by atoms with E-state index >= 15 is 0 Å². The molecule has 1 aromatic rings. The molecule has 0 bridgehead atoms. The summed E-state index contributed by atoms with van der Waals surface area (Å²) in [5.41, 5.74) is 0.0702. The van der Waals surface area contributed by atoms with E-state index < -0.39 is 0 Å². The van der Waals surface area contributed by atoms with Gasteiger partial charge in [0.1, 0.15) is 0 Å². The molecule has 0 spiro atoms. The van der Waals surface area contributed by atoms with Gasteiger partial charge in [-0.2, -0.15) is 0 Å². The molecule has 130 valence electrons. The third kappa shape index (κ3) is 4.96. The van der Waals surface area contributed by atoms with Crippen LogP contribution < -0.4 is 0 Å². The summed E-state index contributed by atoms with van der Waals surface area (Å²) in [4.78, 5) is 3.58. The van der Waals surface area contributed by atoms with Crippen molar-refractivity contribution in [2.75, 3.05) is 6.54 Å². The summed E-state index contributed by atoms with van der Waals surface area (Å²) in [6.45, 7) is 10.7. The van der Waals surface area contributed by atoms with Crippen molar-refractivity contribution in [1.29, 1.82) is 0 Å². The quantitative estimate of drug-likeness (QED) is 0.711. The Morgan fingerprint density at radius 3 is 2.57 bits per heavy atom. The predicted octanol–water partition coefficient (Wildman–Crippen LogP) is 3.63. The fourth-order valence-corrected chi connectivity index (χ4v) is 4.30. The van der Waals surface area contributed by atoms with Crippen LogP contribution in [-0.2, 0) is 13.0 Å². The van der Waals surface area contributed by atoms with Gasteiger partial charge in [-0.15, -0.1) is 5.10 Å². The highest BCUT2D eigenvalue weighted by atomic mass is 32.1. The number of tetrazole rings is 1. The summed E-state index contributed by atoms with van der Waals surface area (Å²) in [6, 6.07) is 0.651. The Balaban J connectivity index is 1.98. The van der Waals surface area contributed by atoms with Crippen LogP contribution in [-0.4, -0.2) is 42.7 Å². The highest BCUT2D eigenvalue weighted by Gasteiger charge is 2.28. The molecule has 0 aliphatic heterocycles. The molecule has 0 radical (unpaired) electrons. The lowest BCUT2D eigenvalue weighted by atomic mass is 9.84. The third-order valence-corrected chi connectivity index (χ3v) is 5.23. The number of hydrogen-bond acceptors (Lipinski definition) is 4. The van der Waals surface area contributed by atoms with Crippen LogP contribution in [0, 0.1) is 5.41 Å². The zero-order chi connectivity index (χ0) is 16.9. The first-order valence-corrected chi connectivity index (χ1v) is 9.42. The van der Waals surface area contributed by atoms with Crippen molar-refractivity contribution in [1.82, 2.24) is 25.1 Å². The number of aryl methyl sites for hydroxylation is 1. The molecule has 1 aliphatic carbocycles. The van der Waals surface area contributed by atoms with E-state index in [-0.39, 0.29) is 5.41 Å². The second kappa shape index (κ2) is 8.18. The van der Waals surface area contributed by atoms with Crippen molar-refractivity contribution in [3.05, 3.63) is 5.82 Å². The van der Waals surface area contributed by atoms with E-state index in [1.165, 1.54) is 32.1 Å². The van der Waals surface area contributed by atoms with Crippen LogP contribution >= 0.6 is 12.2 Å². The van der Waals surface area contributed by atoms with Crippen molar-refractivity contribution >= 4 is 17.2 Å². The Morgan fingerprint density at radius 2 is 1.96 bits per heavy atom. The second-order valence-electron chi connectivity index (χ2n) is 7.40. The van der Waals surface area contributed by atoms with Gasteiger partial charge in [0.15, 0.2) is 5.82 Å². The van der Waals surface area contributed by atoms with Crippen molar-refractivity contribution in [3.63, 3.8) is 0 Å². The summed E-state index contributed by atoms with van der Waals surface area (Å²) in [5, 5.41) is 12.0. The number of thiocarbonyl (C=S) groups is 1. The highest BCUT2D eigenvalue weighted by molar-refractivity contribution is 7.80. The van der Waals surface area contributed by atoms with E-state index in [9.17, 15) is 0 Å². The highest BCUT2D eigenvalue weighted by Crippen LogP contribution is 2.29. The van der Waals surface area contributed by atoms with Gasteiger partial charge in [-0.25, -0.2) is 4.68 Å². The number of nitrogens with zero attached hydrogens (tertiary/aromatic N) is 5. The lowest BCUT2D eigenvalue weighted by Gasteiger charge is -2.38. The molecule has 1 aromatic heterocycles. The zero-order valence-electron chi connectivity index (χ0n) is 15.1. The molecule has 0 unspecified atom stereocenters. The van der Waals surface area contributed by atoms with Gasteiger partial charge in [-0.1, -0.05) is 45.3 Å². The number of aromatic nitrogens is 4. The average Bonchev–Trinajstić information content (AvgIpc) is 2.94. The molecule has 1 saturated carbocycles. The fourth-order valence-electron chi connectivity index (χ4n) is 3.63. The van der Waals surface area contributed by atoms with E-state index in [0.717, 1.165) is 36.7 Å². The topological polar surface area (TPSA) is 46.8 Å². The van der Waals surface area contributed by atoms with E-state index in [1.807, 2.05) is 4.68 Å². The largest absolute Gasteiger partial charge is 0.363 e. The van der Waals surface area contributed by atoms with Gasteiger partial charge in [0.05, 0.1) is 4.99 Å². The molecule has 6 heteroatoms. The standard InChI is InChI=1S/C17H31N5S/c1-5-21(14-10-8-7-9-11-14)16(23)13-17(3,4)12-15-18-19-20-22(15)6-2/h14H,5-13H2,1-4H3. The van der Waals surface area contributed by atoms with Crippen LogP contribution in [0.4, 0.5) is 0 Å². The molecule has 0 aromatic carbocycles. The van der Waals surface area contributed by atoms with E-state index in [2.05, 4.69) is 48.1 Å². The van der Waals surface area contributed by atoms with Crippen LogP contribution in [0.3, 0.4) is 0 Å². The van der Waals surface area contributed by atoms with Gasteiger partial charge >= 0.3 is 0 Å². The molecule has 0 atom stereocenters. The predicted molar refractivity (Wildman–Crippen MR) is 97.4 cm³/mol. The summed E-state index contributed by atoms with van der Waals surface area (Å²) in [7, 11) is 0. The molecule has 0 N–H and O–H groups in total. The van der Waals surface area contributed by atoms with Crippen LogP contribution in [0.15, 0.2) is 0 Å². The van der Waals surface area contributed by atoms with Crippen molar-refractivity contribution < 1.29 is 0 Å². The minimum atomic E-state index is 0.0702. The Bertz CT molecular complexity index is 505. The van der Waals surface area contributed by atoms with E-state index in [4.69, 9.17) is 12.2 Å². The smallest absolute Gasteiger partial charge is 0.151 e. The van der Waals surface area contributed by atoms with Crippen molar-refractivity contribution in [3.8, 4) is 0 Å². The zero-order valence-corrected chi connectivity index (χ0v) is 15.9. The summed E-state index contributed by atoms with van der Waals surface area (Å²) >= 11 is 5.83. The first-order valence-electron chi connectivity index (χ1n) is 9.01. The lowest BCUT2D eigenvalue weighted by molar-refractivity contribution is 0.242. The Morgan fingerprint density at radius 1 is 1.26 bits per heavy atom. The Labute approximate surface area is 145 Å². The minimum absolute atomic E-state index is 0.0702. The molecule has 0 saturated heterocycles. The van der Waals surface area contributed by atoms with Gasteiger partial charge < -0.3 is 4.90 Å². The number of hydrogen-bond donors (Lipinski definition) is 0. The SMILES string of the molecule is CCN(C(=S)CC(C)(C)Cc1nnnn1CC)C1CCCCC1. The monoisotopic (exact) mass is 337 g/mol. The third-order valence-electron chi connectivity index (χ3n) is 4.85. The molecule has 2 rings (SSSR count). The van der Waals surface area contributed by atoms with E-state index in [1.54, 1.807) is 0 Å². The maximum Gasteiger partial charge on any atom is 0.151 e. The molecule has 1 heterocycles. The first kappa shape index (κ1) is 18.3. The summed E-state index contributed by atoms with van der Waals surface area (Å²) < 4.78 is 1.88. The first-order chi connectivity index (χ1) is 11.0. The average molecular weight is 338 g/mol. The minimum Gasteiger partial charge on any atom is -0.363 e. The summed E-state index contributed by atoms with van der Waals surface area (Å²) in [6.07, 6.45) is 8.44.